The van der Waals surface area contributed by atoms with Gasteiger partial charge in [0, 0.05) is 25.5 Å². The van der Waals surface area contributed by atoms with Gasteiger partial charge in [0.25, 0.3) is 0 Å². The molecule has 0 aliphatic carbocycles. The highest BCUT2D eigenvalue weighted by atomic mass is 32.2. The Morgan fingerprint density at radius 1 is 1.38 bits per heavy atom. The zero-order chi connectivity index (χ0) is 11.4. The predicted molar refractivity (Wildman–Crippen MR) is 63.2 cm³/mol. The van der Waals surface area contributed by atoms with E-state index < -0.39 is 0 Å². The predicted octanol–water partition coefficient (Wildman–Crippen LogP) is 1.58. The van der Waals surface area contributed by atoms with Gasteiger partial charge in [-0.1, -0.05) is 11.8 Å². The SMILES string of the molecule is CC(Sc1ncccn1)C(=O)N1CCCC1. The summed E-state index contributed by atoms with van der Waals surface area (Å²) in [6.45, 7) is 3.72. The molecule has 1 saturated heterocycles. The molecule has 1 amide bonds. The minimum atomic E-state index is -0.0968. The van der Waals surface area contributed by atoms with Crippen LogP contribution in [0.2, 0.25) is 0 Å². The molecule has 0 bridgehead atoms. The fourth-order valence-corrected chi connectivity index (χ4v) is 2.56. The molecular weight excluding hydrogens is 222 g/mol. The van der Waals surface area contributed by atoms with E-state index in [0.717, 1.165) is 25.9 Å². The number of hydrogen-bond acceptors (Lipinski definition) is 4. The number of carbonyl (C=O) groups is 1. The van der Waals surface area contributed by atoms with E-state index in [4.69, 9.17) is 0 Å². The third kappa shape index (κ3) is 2.72. The van der Waals surface area contributed by atoms with Gasteiger partial charge in [0.1, 0.15) is 0 Å². The van der Waals surface area contributed by atoms with Crippen LogP contribution in [0.1, 0.15) is 19.8 Å². The van der Waals surface area contributed by atoms with Crippen molar-refractivity contribution in [2.24, 2.45) is 0 Å². The van der Waals surface area contributed by atoms with E-state index in [1.54, 1.807) is 18.5 Å². The van der Waals surface area contributed by atoms with E-state index in [1.807, 2.05) is 11.8 Å². The molecule has 0 N–H and O–H groups in total. The molecule has 0 spiro atoms. The lowest BCUT2D eigenvalue weighted by Crippen LogP contribution is -2.34. The van der Waals surface area contributed by atoms with Crippen LogP contribution in [-0.2, 0) is 4.79 Å². The largest absolute Gasteiger partial charge is 0.342 e. The zero-order valence-corrected chi connectivity index (χ0v) is 10.1. The van der Waals surface area contributed by atoms with Gasteiger partial charge in [0.15, 0.2) is 5.16 Å². The first-order valence-corrected chi connectivity index (χ1v) is 6.38. The van der Waals surface area contributed by atoms with Crippen LogP contribution in [0.15, 0.2) is 23.6 Å². The van der Waals surface area contributed by atoms with Crippen LogP contribution >= 0.6 is 11.8 Å². The van der Waals surface area contributed by atoms with Crippen LogP contribution in [0.5, 0.6) is 0 Å². The summed E-state index contributed by atoms with van der Waals surface area (Å²) >= 11 is 1.43. The van der Waals surface area contributed by atoms with E-state index in [-0.39, 0.29) is 11.2 Å². The molecule has 2 heterocycles. The highest BCUT2D eigenvalue weighted by Crippen LogP contribution is 2.21. The van der Waals surface area contributed by atoms with Gasteiger partial charge < -0.3 is 4.90 Å². The molecule has 86 valence electrons. The van der Waals surface area contributed by atoms with Gasteiger partial charge in [-0.05, 0) is 25.8 Å². The van der Waals surface area contributed by atoms with Crippen molar-refractivity contribution in [2.75, 3.05) is 13.1 Å². The van der Waals surface area contributed by atoms with Crippen molar-refractivity contribution in [3.63, 3.8) is 0 Å². The summed E-state index contributed by atoms with van der Waals surface area (Å²) in [5.41, 5.74) is 0. The van der Waals surface area contributed by atoms with Gasteiger partial charge in [-0.2, -0.15) is 0 Å². The number of rotatable bonds is 3. The first-order chi connectivity index (χ1) is 7.77. The Morgan fingerprint density at radius 3 is 2.62 bits per heavy atom. The lowest BCUT2D eigenvalue weighted by molar-refractivity contribution is -0.129. The van der Waals surface area contributed by atoms with Gasteiger partial charge in [0.05, 0.1) is 5.25 Å². The Hall–Kier alpha value is -1.10. The number of thioether (sulfide) groups is 1. The molecule has 2 rings (SSSR count). The molecule has 16 heavy (non-hydrogen) atoms. The van der Waals surface area contributed by atoms with E-state index >= 15 is 0 Å². The van der Waals surface area contributed by atoms with Crippen LogP contribution in [0.3, 0.4) is 0 Å². The molecule has 1 aliphatic heterocycles. The number of likely N-dealkylation sites (tertiary alicyclic amines) is 1. The summed E-state index contributed by atoms with van der Waals surface area (Å²) in [5, 5.41) is 0.572. The lowest BCUT2D eigenvalue weighted by atomic mass is 10.4. The molecule has 1 aromatic heterocycles. The second kappa shape index (κ2) is 5.30. The van der Waals surface area contributed by atoms with E-state index in [0.29, 0.717) is 5.16 Å². The zero-order valence-electron chi connectivity index (χ0n) is 9.30. The first kappa shape index (κ1) is 11.4. The Morgan fingerprint density at radius 2 is 2.00 bits per heavy atom. The van der Waals surface area contributed by atoms with Crippen molar-refractivity contribution in [1.82, 2.24) is 14.9 Å². The van der Waals surface area contributed by atoms with Crippen molar-refractivity contribution in [2.45, 2.75) is 30.2 Å². The molecule has 5 heteroatoms. The van der Waals surface area contributed by atoms with Gasteiger partial charge in [-0.3, -0.25) is 4.79 Å². The molecule has 0 radical (unpaired) electrons. The van der Waals surface area contributed by atoms with Crippen LogP contribution in [-0.4, -0.2) is 39.1 Å². The maximum Gasteiger partial charge on any atom is 0.235 e. The topological polar surface area (TPSA) is 46.1 Å². The highest BCUT2D eigenvalue weighted by molar-refractivity contribution is 8.00. The normalized spacial score (nSPS) is 17.4. The maximum atomic E-state index is 12.0. The molecular formula is C11H15N3OS. The van der Waals surface area contributed by atoms with Crippen molar-refractivity contribution >= 4 is 17.7 Å². The minimum absolute atomic E-state index is 0.0968. The van der Waals surface area contributed by atoms with Crippen LogP contribution in [0.4, 0.5) is 0 Å². The van der Waals surface area contributed by atoms with Crippen molar-refractivity contribution < 1.29 is 4.79 Å². The lowest BCUT2D eigenvalue weighted by Gasteiger charge is -2.19. The van der Waals surface area contributed by atoms with Crippen molar-refractivity contribution in [1.29, 1.82) is 0 Å². The van der Waals surface area contributed by atoms with E-state index in [1.165, 1.54) is 11.8 Å². The summed E-state index contributed by atoms with van der Waals surface area (Å²) in [6.07, 6.45) is 5.65. The van der Waals surface area contributed by atoms with Gasteiger partial charge in [0.2, 0.25) is 5.91 Å². The van der Waals surface area contributed by atoms with Gasteiger partial charge >= 0.3 is 0 Å². The van der Waals surface area contributed by atoms with Gasteiger partial charge in [-0.15, -0.1) is 0 Å². The third-order valence-corrected chi connectivity index (χ3v) is 3.57. The van der Waals surface area contributed by atoms with Crippen LogP contribution < -0.4 is 0 Å². The standard InChI is InChI=1S/C11H15N3OS/c1-9(10(15)14-7-2-3-8-14)16-11-12-5-4-6-13-11/h4-6,9H,2-3,7-8H2,1H3. The fourth-order valence-electron chi connectivity index (χ4n) is 1.75. The summed E-state index contributed by atoms with van der Waals surface area (Å²) in [5.74, 6) is 0.204. The smallest absolute Gasteiger partial charge is 0.235 e. The molecule has 1 aromatic rings. The molecule has 1 unspecified atom stereocenters. The highest BCUT2D eigenvalue weighted by Gasteiger charge is 2.24. The number of amides is 1. The first-order valence-electron chi connectivity index (χ1n) is 5.50. The molecule has 1 atom stereocenters. The Labute approximate surface area is 99.5 Å². The second-order valence-corrected chi connectivity index (χ2v) is 5.13. The molecule has 0 saturated carbocycles. The average Bonchev–Trinajstić information content (AvgIpc) is 2.83. The number of aromatic nitrogens is 2. The van der Waals surface area contributed by atoms with Gasteiger partial charge in [-0.25, -0.2) is 9.97 Å². The fraction of sp³-hybridized carbons (Fsp3) is 0.545. The van der Waals surface area contributed by atoms with Crippen LogP contribution in [0, 0.1) is 0 Å². The number of hydrogen-bond donors (Lipinski definition) is 0. The quantitative estimate of drug-likeness (QED) is 0.591. The summed E-state index contributed by atoms with van der Waals surface area (Å²) in [4.78, 5) is 22.1. The summed E-state index contributed by atoms with van der Waals surface area (Å²) < 4.78 is 0. The number of carbonyl (C=O) groups excluding carboxylic acids is 1. The Balaban J connectivity index is 1.92. The van der Waals surface area contributed by atoms with Crippen molar-refractivity contribution in [3.05, 3.63) is 18.5 Å². The third-order valence-electron chi connectivity index (χ3n) is 2.59. The Kier molecular flexibility index (Phi) is 3.77. The van der Waals surface area contributed by atoms with E-state index in [9.17, 15) is 4.79 Å². The minimum Gasteiger partial charge on any atom is -0.342 e. The Bertz CT molecular complexity index is 352. The van der Waals surface area contributed by atoms with E-state index in [2.05, 4.69) is 9.97 Å². The number of nitrogens with zero attached hydrogens (tertiary/aromatic N) is 3. The molecule has 1 aliphatic rings. The second-order valence-electron chi connectivity index (χ2n) is 3.82. The van der Waals surface area contributed by atoms with Crippen LogP contribution in [0.25, 0.3) is 0 Å². The summed E-state index contributed by atoms with van der Waals surface area (Å²) in [6, 6.07) is 1.77. The maximum absolute atomic E-state index is 12.0. The summed E-state index contributed by atoms with van der Waals surface area (Å²) in [7, 11) is 0. The van der Waals surface area contributed by atoms with Crippen molar-refractivity contribution in [3.8, 4) is 0 Å². The molecule has 4 nitrogen and oxygen atoms in total. The average molecular weight is 237 g/mol. The molecule has 0 aromatic carbocycles. The molecule has 1 fully saturated rings. The monoisotopic (exact) mass is 237 g/mol.